The second-order valence-corrected chi connectivity index (χ2v) is 7.04. The first-order valence-corrected chi connectivity index (χ1v) is 8.09. The Hall–Kier alpha value is -0.660. The Morgan fingerprint density at radius 3 is 2.42 bits per heavy atom. The van der Waals surface area contributed by atoms with Gasteiger partial charge in [-0.1, -0.05) is 6.92 Å². The van der Waals surface area contributed by atoms with Gasteiger partial charge in [-0.05, 0) is 31.6 Å². The summed E-state index contributed by atoms with van der Waals surface area (Å²) in [6, 6.07) is 0.0155. The smallest absolute Gasteiger partial charge is 0.306 e. The van der Waals surface area contributed by atoms with Gasteiger partial charge < -0.3 is 4.74 Å². The molecular weight excluding hydrogens is 268 g/mol. The number of esters is 1. The molecule has 1 fully saturated rings. The molecule has 0 spiro atoms. The first kappa shape index (κ1) is 16.4. The molecule has 0 unspecified atom stereocenters. The lowest BCUT2D eigenvalue weighted by atomic mass is 9.88. The van der Waals surface area contributed by atoms with E-state index in [-0.39, 0.29) is 19.0 Å². The number of methoxy groups -OCH3 is 1. The highest BCUT2D eigenvalue weighted by atomic mass is 32.2. The van der Waals surface area contributed by atoms with Crippen LogP contribution in [-0.2, 0) is 19.7 Å². The van der Waals surface area contributed by atoms with Crippen molar-refractivity contribution >= 4 is 16.2 Å². The molecule has 0 heterocycles. The molecule has 1 aliphatic carbocycles. The third kappa shape index (κ3) is 5.46. The summed E-state index contributed by atoms with van der Waals surface area (Å²) in [6.07, 6.45) is 3.93. The van der Waals surface area contributed by atoms with E-state index >= 15 is 0 Å². The van der Waals surface area contributed by atoms with Gasteiger partial charge in [0, 0.05) is 19.6 Å². The van der Waals surface area contributed by atoms with Crippen molar-refractivity contribution in [3.8, 4) is 0 Å². The molecule has 0 atom stereocenters. The number of ether oxygens (including phenoxy) is 1. The molecule has 0 aliphatic heterocycles. The zero-order chi connectivity index (χ0) is 14.5. The normalized spacial score (nSPS) is 24.4. The molecule has 0 bridgehead atoms. The van der Waals surface area contributed by atoms with Crippen LogP contribution in [0, 0.1) is 5.92 Å². The first-order valence-electron chi connectivity index (χ1n) is 6.65. The molecule has 0 aromatic carbocycles. The van der Waals surface area contributed by atoms with Gasteiger partial charge in [0.25, 0.3) is 10.2 Å². The summed E-state index contributed by atoms with van der Waals surface area (Å²) >= 11 is 0. The van der Waals surface area contributed by atoms with Gasteiger partial charge in [-0.15, -0.1) is 0 Å². The minimum Gasteiger partial charge on any atom is -0.469 e. The molecule has 0 aromatic heterocycles. The van der Waals surface area contributed by atoms with Crippen LogP contribution in [0.2, 0.25) is 0 Å². The molecule has 0 aromatic rings. The van der Waals surface area contributed by atoms with Crippen molar-refractivity contribution < 1.29 is 17.9 Å². The Balaban J connectivity index is 2.44. The quantitative estimate of drug-likeness (QED) is 0.738. The molecule has 19 heavy (non-hydrogen) atoms. The summed E-state index contributed by atoms with van der Waals surface area (Å²) in [4.78, 5) is 11.0. The van der Waals surface area contributed by atoms with Crippen LogP contribution in [-0.4, -0.2) is 45.4 Å². The highest BCUT2D eigenvalue weighted by Gasteiger charge is 2.25. The van der Waals surface area contributed by atoms with Crippen molar-refractivity contribution in [1.29, 1.82) is 0 Å². The number of carbonyl (C=O) groups is 1. The fourth-order valence-electron chi connectivity index (χ4n) is 2.15. The largest absolute Gasteiger partial charge is 0.469 e. The molecule has 0 radical (unpaired) electrons. The fourth-order valence-corrected chi connectivity index (χ4v) is 3.32. The van der Waals surface area contributed by atoms with Crippen LogP contribution >= 0.6 is 0 Å². The number of nitrogens with zero attached hydrogens (tertiary/aromatic N) is 1. The minimum atomic E-state index is -3.51. The number of carbonyl (C=O) groups excluding carboxylic acids is 1. The van der Waals surface area contributed by atoms with E-state index in [2.05, 4.69) is 16.4 Å². The van der Waals surface area contributed by atoms with E-state index in [4.69, 9.17) is 0 Å². The van der Waals surface area contributed by atoms with E-state index in [1.807, 2.05) is 0 Å². The van der Waals surface area contributed by atoms with E-state index in [0.29, 0.717) is 5.92 Å². The second kappa shape index (κ2) is 7.21. The van der Waals surface area contributed by atoms with Crippen molar-refractivity contribution in [3.05, 3.63) is 0 Å². The van der Waals surface area contributed by atoms with Crippen LogP contribution in [0.5, 0.6) is 0 Å². The van der Waals surface area contributed by atoms with Crippen LogP contribution in [0.15, 0.2) is 0 Å². The SMILES string of the molecule is COC(=O)CCN(C)S(=O)(=O)NC1CCC(C)CC1. The maximum atomic E-state index is 12.0. The molecule has 6 nitrogen and oxygen atoms in total. The maximum Gasteiger partial charge on any atom is 0.306 e. The van der Waals surface area contributed by atoms with Crippen molar-refractivity contribution in [2.75, 3.05) is 20.7 Å². The van der Waals surface area contributed by atoms with Gasteiger partial charge in [-0.25, -0.2) is 0 Å². The zero-order valence-corrected chi connectivity index (χ0v) is 12.7. The highest BCUT2D eigenvalue weighted by Crippen LogP contribution is 2.24. The number of hydrogen-bond acceptors (Lipinski definition) is 4. The van der Waals surface area contributed by atoms with Gasteiger partial charge in [-0.2, -0.15) is 17.4 Å². The first-order chi connectivity index (χ1) is 8.85. The Morgan fingerprint density at radius 1 is 1.32 bits per heavy atom. The van der Waals surface area contributed by atoms with Gasteiger partial charge in [0.2, 0.25) is 0 Å². The van der Waals surface area contributed by atoms with Gasteiger partial charge in [0.1, 0.15) is 0 Å². The van der Waals surface area contributed by atoms with Crippen LogP contribution in [0.1, 0.15) is 39.0 Å². The van der Waals surface area contributed by atoms with Crippen LogP contribution in [0.3, 0.4) is 0 Å². The predicted molar refractivity (Wildman–Crippen MR) is 72.7 cm³/mol. The fraction of sp³-hybridized carbons (Fsp3) is 0.917. The van der Waals surface area contributed by atoms with Crippen molar-refractivity contribution in [1.82, 2.24) is 9.03 Å². The average molecular weight is 292 g/mol. The van der Waals surface area contributed by atoms with Crippen LogP contribution in [0.25, 0.3) is 0 Å². The zero-order valence-electron chi connectivity index (χ0n) is 11.9. The predicted octanol–water partition coefficient (Wildman–Crippen LogP) is 0.894. The number of nitrogens with one attached hydrogen (secondary N) is 1. The van der Waals surface area contributed by atoms with Crippen molar-refractivity contribution in [2.45, 2.75) is 45.1 Å². The number of hydrogen-bond donors (Lipinski definition) is 1. The van der Waals surface area contributed by atoms with Crippen LogP contribution in [0.4, 0.5) is 0 Å². The third-order valence-corrected chi connectivity index (χ3v) is 5.23. The second-order valence-electron chi connectivity index (χ2n) is 5.23. The van der Waals surface area contributed by atoms with E-state index in [1.54, 1.807) is 0 Å². The highest BCUT2D eigenvalue weighted by molar-refractivity contribution is 7.87. The number of rotatable bonds is 6. The molecule has 1 N–H and O–H groups in total. The molecule has 1 aliphatic rings. The molecule has 0 saturated heterocycles. The molecule has 112 valence electrons. The van der Waals surface area contributed by atoms with Gasteiger partial charge in [0.15, 0.2) is 0 Å². The van der Waals surface area contributed by atoms with Crippen molar-refractivity contribution in [2.24, 2.45) is 5.92 Å². The summed E-state index contributed by atoms with van der Waals surface area (Å²) in [5.41, 5.74) is 0. The topological polar surface area (TPSA) is 75.7 Å². The lowest BCUT2D eigenvalue weighted by Gasteiger charge is -2.28. The molecular formula is C12H24N2O4S. The maximum absolute atomic E-state index is 12.0. The third-order valence-electron chi connectivity index (χ3n) is 3.60. The Kier molecular flexibility index (Phi) is 6.22. The van der Waals surface area contributed by atoms with Crippen LogP contribution < -0.4 is 4.72 Å². The van der Waals surface area contributed by atoms with Gasteiger partial charge >= 0.3 is 5.97 Å². The summed E-state index contributed by atoms with van der Waals surface area (Å²) in [7, 11) is -0.747. The van der Waals surface area contributed by atoms with E-state index in [0.717, 1.165) is 25.7 Å². The summed E-state index contributed by atoms with van der Waals surface area (Å²) in [5.74, 6) is 0.270. The van der Waals surface area contributed by atoms with Gasteiger partial charge in [0.05, 0.1) is 13.5 Å². The Morgan fingerprint density at radius 2 is 1.89 bits per heavy atom. The lowest BCUT2D eigenvalue weighted by molar-refractivity contribution is -0.140. The van der Waals surface area contributed by atoms with E-state index < -0.39 is 16.2 Å². The average Bonchev–Trinajstić information content (AvgIpc) is 2.37. The van der Waals surface area contributed by atoms with Gasteiger partial charge in [-0.3, -0.25) is 4.79 Å². The molecule has 1 rings (SSSR count). The summed E-state index contributed by atoms with van der Waals surface area (Å²) in [6.45, 7) is 2.32. The minimum absolute atomic E-state index is 0.0155. The molecule has 7 heteroatoms. The lowest BCUT2D eigenvalue weighted by Crippen LogP contribution is -2.45. The van der Waals surface area contributed by atoms with Crippen molar-refractivity contribution in [3.63, 3.8) is 0 Å². The summed E-state index contributed by atoms with van der Waals surface area (Å²) in [5, 5.41) is 0. The van der Waals surface area contributed by atoms with E-state index in [1.165, 1.54) is 18.5 Å². The Bertz CT molecular complexity index is 389. The van der Waals surface area contributed by atoms with E-state index in [9.17, 15) is 13.2 Å². The Labute approximate surface area is 115 Å². The molecule has 1 saturated carbocycles. The molecule has 0 amide bonds. The summed E-state index contributed by atoms with van der Waals surface area (Å²) < 4.78 is 32.5. The standard InChI is InChI=1S/C12H24N2O4S/c1-10-4-6-11(7-5-10)13-19(16,17)14(2)9-8-12(15)18-3/h10-11,13H,4-9H2,1-3H3. The monoisotopic (exact) mass is 292 g/mol.